The second-order valence-electron chi connectivity index (χ2n) is 1.64. The van der Waals surface area contributed by atoms with Crippen molar-refractivity contribution < 1.29 is 33.9 Å². The largest absolute Gasteiger partial charge is 0.479 e. The van der Waals surface area contributed by atoms with E-state index in [2.05, 4.69) is 4.52 Å². The number of carboxylic acids is 1. The second-order valence-corrected chi connectivity index (χ2v) is 2.88. The zero-order chi connectivity index (χ0) is 9.07. The van der Waals surface area contributed by atoms with E-state index in [9.17, 15) is 9.36 Å². The van der Waals surface area contributed by atoms with Crippen LogP contribution in [0.25, 0.3) is 0 Å². The van der Waals surface area contributed by atoms with Gasteiger partial charge in [0.15, 0.2) is 6.10 Å². The fraction of sp³-hybridized carbons (Fsp3) is 0.667. The standard InChI is InChI=1S/C3H7O7P.Ba/c4-2(3(5)6)1-10-11(7,8)9;/h2,4H,1H2,(H,5,6)(H2,7,8,9);. The molecule has 0 aromatic heterocycles. The van der Waals surface area contributed by atoms with E-state index in [1.165, 1.54) is 0 Å². The van der Waals surface area contributed by atoms with E-state index in [-0.39, 0.29) is 48.9 Å². The maximum absolute atomic E-state index is 9.93. The van der Waals surface area contributed by atoms with Crippen LogP contribution in [-0.4, -0.2) is 87.6 Å². The molecule has 0 spiro atoms. The third-order valence-electron chi connectivity index (χ3n) is 0.686. The van der Waals surface area contributed by atoms with Gasteiger partial charge in [-0.25, -0.2) is 9.36 Å². The maximum atomic E-state index is 9.93. The summed E-state index contributed by atoms with van der Waals surface area (Å²) in [6.45, 7) is -0.931. The van der Waals surface area contributed by atoms with E-state index in [1.807, 2.05) is 0 Å². The van der Waals surface area contributed by atoms with Gasteiger partial charge in [0, 0.05) is 48.9 Å². The van der Waals surface area contributed by atoms with Crippen LogP contribution < -0.4 is 0 Å². The van der Waals surface area contributed by atoms with Crippen molar-refractivity contribution in [2.45, 2.75) is 6.10 Å². The number of phosphoric acid groups is 1. The zero-order valence-electron chi connectivity index (χ0n) is 5.95. The fourth-order valence-corrected chi connectivity index (χ4v) is 0.574. The molecule has 0 aliphatic rings. The first kappa shape index (κ1) is 15.6. The molecule has 0 saturated heterocycles. The van der Waals surface area contributed by atoms with Gasteiger partial charge in [0.2, 0.25) is 0 Å². The Bertz CT molecular complexity index is 187. The van der Waals surface area contributed by atoms with Gasteiger partial charge in [0.05, 0.1) is 6.61 Å². The Morgan fingerprint density at radius 2 is 1.92 bits per heavy atom. The third-order valence-corrected chi connectivity index (χ3v) is 1.17. The van der Waals surface area contributed by atoms with E-state index >= 15 is 0 Å². The molecule has 0 rings (SSSR count). The van der Waals surface area contributed by atoms with Crippen molar-refractivity contribution in [3.63, 3.8) is 0 Å². The molecule has 0 heterocycles. The van der Waals surface area contributed by atoms with Crippen molar-refractivity contribution in [3.05, 3.63) is 0 Å². The van der Waals surface area contributed by atoms with Crippen LogP contribution in [0, 0.1) is 0 Å². The average molecular weight is 323 g/mol. The van der Waals surface area contributed by atoms with Gasteiger partial charge in [-0.3, -0.25) is 4.52 Å². The van der Waals surface area contributed by atoms with Gasteiger partial charge in [0.25, 0.3) is 0 Å². The fourth-order valence-electron chi connectivity index (χ4n) is 0.239. The van der Waals surface area contributed by atoms with Crippen LogP contribution in [-0.2, 0) is 13.9 Å². The van der Waals surface area contributed by atoms with E-state index in [0.717, 1.165) is 0 Å². The minimum Gasteiger partial charge on any atom is -0.479 e. The Morgan fingerprint density at radius 3 is 2.17 bits per heavy atom. The Labute approximate surface area is 108 Å². The second kappa shape index (κ2) is 6.55. The molecule has 0 amide bonds. The Balaban J connectivity index is 0. The van der Waals surface area contributed by atoms with Gasteiger partial charge in [-0.2, -0.15) is 0 Å². The summed E-state index contributed by atoms with van der Waals surface area (Å²) < 4.78 is 13.6. The van der Waals surface area contributed by atoms with Gasteiger partial charge >= 0.3 is 13.8 Å². The minimum absolute atomic E-state index is 0. The minimum atomic E-state index is -4.68. The number of aliphatic carboxylic acids is 1. The van der Waals surface area contributed by atoms with Crippen molar-refractivity contribution in [1.82, 2.24) is 0 Å². The maximum Gasteiger partial charge on any atom is 0.469 e. The molecule has 9 heteroatoms. The van der Waals surface area contributed by atoms with Gasteiger partial charge in [-0.1, -0.05) is 0 Å². The predicted molar refractivity (Wildman–Crippen MR) is 37.4 cm³/mol. The molecule has 4 N–H and O–H groups in total. The van der Waals surface area contributed by atoms with Crippen molar-refractivity contribution >= 4 is 62.7 Å². The zero-order valence-corrected chi connectivity index (χ0v) is 11.3. The van der Waals surface area contributed by atoms with Crippen LogP contribution in [0.15, 0.2) is 0 Å². The van der Waals surface area contributed by atoms with Gasteiger partial charge in [-0.15, -0.1) is 0 Å². The topological polar surface area (TPSA) is 124 Å². The summed E-state index contributed by atoms with van der Waals surface area (Å²) in [6, 6.07) is 0. The Hall–Kier alpha value is 1.11. The smallest absolute Gasteiger partial charge is 0.469 e. The molecule has 12 heavy (non-hydrogen) atoms. The number of carboxylic acid groups (broad SMARTS) is 1. The molecule has 0 saturated carbocycles. The van der Waals surface area contributed by atoms with Crippen LogP contribution in [0.5, 0.6) is 0 Å². The van der Waals surface area contributed by atoms with Crippen molar-refractivity contribution in [2.24, 2.45) is 0 Å². The van der Waals surface area contributed by atoms with Crippen LogP contribution >= 0.6 is 7.82 Å². The summed E-state index contributed by atoms with van der Waals surface area (Å²) in [4.78, 5) is 25.9. The summed E-state index contributed by atoms with van der Waals surface area (Å²) in [5.74, 6) is -1.60. The van der Waals surface area contributed by atoms with Crippen LogP contribution in [0.2, 0.25) is 0 Å². The molecular weight excluding hydrogens is 316 g/mol. The van der Waals surface area contributed by atoms with Crippen LogP contribution in [0.3, 0.4) is 0 Å². The first-order valence-electron chi connectivity index (χ1n) is 2.44. The Kier molecular flexibility index (Phi) is 8.50. The number of aliphatic hydroxyl groups is 1. The molecule has 0 fully saturated rings. The molecule has 2 radical (unpaired) electrons. The first-order chi connectivity index (χ1) is 4.83. The molecule has 0 aromatic carbocycles. The summed E-state index contributed by atoms with van der Waals surface area (Å²) >= 11 is 0. The summed E-state index contributed by atoms with van der Waals surface area (Å²) in [5, 5.41) is 16.4. The summed E-state index contributed by atoms with van der Waals surface area (Å²) in [6.07, 6.45) is -1.91. The predicted octanol–water partition coefficient (Wildman–Crippen LogP) is -1.84. The van der Waals surface area contributed by atoms with Crippen molar-refractivity contribution in [3.8, 4) is 0 Å². The Morgan fingerprint density at radius 1 is 1.50 bits per heavy atom. The molecule has 0 aromatic rings. The van der Waals surface area contributed by atoms with Crippen LogP contribution in [0.4, 0.5) is 0 Å². The summed E-state index contributed by atoms with van der Waals surface area (Å²) in [7, 11) is -4.68. The molecule has 68 valence electrons. The van der Waals surface area contributed by atoms with Crippen molar-refractivity contribution in [1.29, 1.82) is 0 Å². The number of carbonyl (C=O) groups is 1. The first-order valence-corrected chi connectivity index (χ1v) is 3.97. The number of hydrogen-bond acceptors (Lipinski definition) is 4. The van der Waals surface area contributed by atoms with Crippen LogP contribution in [0.1, 0.15) is 0 Å². The van der Waals surface area contributed by atoms with Crippen molar-refractivity contribution in [2.75, 3.05) is 6.61 Å². The molecule has 1 atom stereocenters. The number of hydrogen-bond donors (Lipinski definition) is 4. The normalized spacial score (nSPS) is 13.2. The molecule has 1 unspecified atom stereocenters. The van der Waals surface area contributed by atoms with E-state index in [1.54, 1.807) is 0 Å². The number of phosphoric ester groups is 1. The summed E-state index contributed by atoms with van der Waals surface area (Å²) in [5.41, 5.74) is 0. The molecule has 0 aliphatic heterocycles. The van der Waals surface area contributed by atoms with E-state index in [4.69, 9.17) is 20.0 Å². The monoisotopic (exact) mass is 324 g/mol. The van der Waals surface area contributed by atoms with Gasteiger partial charge in [-0.05, 0) is 0 Å². The average Bonchev–Trinajstić information content (AvgIpc) is 1.80. The third kappa shape index (κ3) is 9.20. The molecule has 0 bridgehead atoms. The molecular formula is C3H7BaO7P. The van der Waals surface area contributed by atoms with E-state index in [0.29, 0.717) is 0 Å². The number of rotatable bonds is 4. The van der Waals surface area contributed by atoms with Gasteiger partial charge < -0.3 is 20.0 Å². The van der Waals surface area contributed by atoms with Gasteiger partial charge in [0.1, 0.15) is 0 Å². The SMILES string of the molecule is O=C(O)C(O)COP(=O)(O)O.[Ba]. The number of aliphatic hydroxyl groups excluding tert-OH is 1. The quantitative estimate of drug-likeness (QED) is 0.354. The van der Waals surface area contributed by atoms with E-state index < -0.39 is 26.5 Å². The molecule has 7 nitrogen and oxygen atoms in total. The molecule has 0 aliphatic carbocycles.